The zero-order chi connectivity index (χ0) is 18.9. The van der Waals surface area contributed by atoms with Gasteiger partial charge < -0.3 is 20.3 Å². The van der Waals surface area contributed by atoms with Crippen LogP contribution in [0.3, 0.4) is 0 Å². The van der Waals surface area contributed by atoms with E-state index >= 15 is 0 Å². The Morgan fingerprint density at radius 1 is 1.15 bits per heavy atom. The summed E-state index contributed by atoms with van der Waals surface area (Å²) in [6, 6.07) is 13.9. The van der Waals surface area contributed by atoms with E-state index < -0.39 is 0 Å². The van der Waals surface area contributed by atoms with Crippen molar-refractivity contribution in [3.8, 4) is 5.75 Å². The Balaban J connectivity index is 1.78. The van der Waals surface area contributed by atoms with Crippen LogP contribution in [-0.2, 0) is 6.42 Å². The number of halogens is 1. The van der Waals surface area contributed by atoms with E-state index in [2.05, 4.69) is 10.6 Å². The van der Waals surface area contributed by atoms with Gasteiger partial charge in [0.2, 0.25) is 0 Å². The third kappa shape index (κ3) is 6.04. The molecule has 2 aromatic carbocycles. The van der Waals surface area contributed by atoms with Gasteiger partial charge in [0, 0.05) is 13.1 Å². The van der Waals surface area contributed by atoms with E-state index in [0.717, 1.165) is 23.3 Å². The Labute approximate surface area is 154 Å². The minimum Gasteiger partial charge on any atom is -0.497 e. The predicted octanol–water partition coefficient (Wildman–Crippen LogP) is 2.98. The first-order valence-electron chi connectivity index (χ1n) is 8.56. The fourth-order valence-corrected chi connectivity index (χ4v) is 2.68. The van der Waals surface area contributed by atoms with Crippen LogP contribution in [0.25, 0.3) is 0 Å². The third-order valence-corrected chi connectivity index (χ3v) is 4.17. The molecule has 0 fully saturated rings. The number of likely N-dealkylation sites (N-methyl/N-ethyl adjacent to an activating group) is 1. The minimum absolute atomic E-state index is 0.0990. The van der Waals surface area contributed by atoms with Crippen molar-refractivity contribution in [2.24, 2.45) is 0 Å². The molecule has 0 bridgehead atoms. The SMILES string of the molecule is COc1ccc(CCNC(=O)NCC(c2cccc(F)c2)N(C)C)cc1. The molecule has 1 unspecified atom stereocenters. The summed E-state index contributed by atoms with van der Waals surface area (Å²) in [6.45, 7) is 0.926. The lowest BCUT2D eigenvalue weighted by Gasteiger charge is -2.25. The Bertz CT molecular complexity index is 704. The van der Waals surface area contributed by atoms with Gasteiger partial charge in [0.15, 0.2) is 0 Å². The molecule has 2 aromatic rings. The number of ether oxygens (including phenoxy) is 1. The molecule has 0 aromatic heterocycles. The van der Waals surface area contributed by atoms with E-state index in [-0.39, 0.29) is 17.9 Å². The van der Waals surface area contributed by atoms with Crippen molar-refractivity contribution in [3.05, 3.63) is 65.5 Å². The Kier molecular flexibility index (Phi) is 7.41. The standard InChI is InChI=1S/C20H26FN3O2/c1-24(2)19(16-5-4-6-17(21)13-16)14-23-20(25)22-12-11-15-7-9-18(26-3)10-8-15/h4-10,13,19H,11-12,14H2,1-3H3,(H2,22,23,25). The average Bonchev–Trinajstić information content (AvgIpc) is 2.62. The lowest BCUT2D eigenvalue weighted by atomic mass is 10.1. The van der Waals surface area contributed by atoms with Gasteiger partial charge in [0.25, 0.3) is 0 Å². The molecule has 2 N–H and O–H groups in total. The van der Waals surface area contributed by atoms with Gasteiger partial charge >= 0.3 is 6.03 Å². The van der Waals surface area contributed by atoms with Crippen LogP contribution in [-0.4, -0.2) is 45.2 Å². The van der Waals surface area contributed by atoms with Gasteiger partial charge in [-0.05, 0) is 55.9 Å². The first-order chi connectivity index (χ1) is 12.5. The minimum atomic E-state index is -0.279. The third-order valence-electron chi connectivity index (χ3n) is 4.17. The number of amides is 2. The van der Waals surface area contributed by atoms with Crippen LogP contribution in [0.5, 0.6) is 5.75 Å². The molecule has 0 spiro atoms. The van der Waals surface area contributed by atoms with E-state index in [1.54, 1.807) is 13.2 Å². The molecule has 1 atom stereocenters. The average molecular weight is 359 g/mol. The maximum atomic E-state index is 13.4. The van der Waals surface area contributed by atoms with E-state index in [1.165, 1.54) is 12.1 Å². The Hall–Kier alpha value is -2.60. The topological polar surface area (TPSA) is 53.6 Å². The second kappa shape index (κ2) is 9.77. The first-order valence-corrected chi connectivity index (χ1v) is 8.56. The van der Waals surface area contributed by atoms with Crippen LogP contribution in [0.4, 0.5) is 9.18 Å². The van der Waals surface area contributed by atoms with Crippen LogP contribution in [0.2, 0.25) is 0 Å². The highest BCUT2D eigenvalue weighted by Gasteiger charge is 2.15. The van der Waals surface area contributed by atoms with Crippen molar-refractivity contribution in [1.82, 2.24) is 15.5 Å². The van der Waals surface area contributed by atoms with Crippen LogP contribution in [0.15, 0.2) is 48.5 Å². The van der Waals surface area contributed by atoms with E-state index in [0.29, 0.717) is 13.1 Å². The summed E-state index contributed by atoms with van der Waals surface area (Å²) in [5.74, 6) is 0.532. The fourth-order valence-electron chi connectivity index (χ4n) is 2.68. The largest absolute Gasteiger partial charge is 0.497 e. The predicted molar refractivity (Wildman–Crippen MR) is 101 cm³/mol. The number of hydrogen-bond acceptors (Lipinski definition) is 3. The fraction of sp³-hybridized carbons (Fsp3) is 0.350. The van der Waals surface area contributed by atoms with Crippen molar-refractivity contribution in [2.75, 3.05) is 34.3 Å². The summed E-state index contributed by atoms with van der Waals surface area (Å²) in [5, 5.41) is 5.70. The zero-order valence-corrected chi connectivity index (χ0v) is 15.5. The first kappa shape index (κ1) is 19.7. The molecule has 0 aliphatic rings. The molecule has 5 nitrogen and oxygen atoms in total. The summed E-state index contributed by atoms with van der Waals surface area (Å²) < 4.78 is 18.6. The van der Waals surface area contributed by atoms with Crippen molar-refractivity contribution in [3.63, 3.8) is 0 Å². The lowest BCUT2D eigenvalue weighted by molar-refractivity contribution is 0.233. The van der Waals surface area contributed by atoms with E-state index in [1.807, 2.05) is 49.3 Å². The van der Waals surface area contributed by atoms with Crippen LogP contribution >= 0.6 is 0 Å². The van der Waals surface area contributed by atoms with Crippen LogP contribution in [0, 0.1) is 5.82 Å². The summed E-state index contributed by atoms with van der Waals surface area (Å²) in [7, 11) is 5.43. The Morgan fingerprint density at radius 2 is 1.88 bits per heavy atom. The molecule has 0 aliphatic carbocycles. The van der Waals surface area contributed by atoms with Crippen molar-refractivity contribution < 1.29 is 13.9 Å². The van der Waals surface area contributed by atoms with Gasteiger partial charge in [-0.1, -0.05) is 24.3 Å². The molecule has 2 amide bonds. The molecule has 0 saturated carbocycles. The monoisotopic (exact) mass is 359 g/mol. The highest BCUT2D eigenvalue weighted by Crippen LogP contribution is 2.18. The van der Waals surface area contributed by atoms with Gasteiger partial charge in [-0.15, -0.1) is 0 Å². The van der Waals surface area contributed by atoms with Gasteiger partial charge in [-0.3, -0.25) is 0 Å². The summed E-state index contributed by atoms with van der Waals surface area (Å²) in [4.78, 5) is 14.0. The number of urea groups is 1. The molecule has 2 rings (SSSR count). The maximum Gasteiger partial charge on any atom is 0.314 e. The van der Waals surface area contributed by atoms with E-state index in [4.69, 9.17) is 4.74 Å². The molecule has 0 saturated heterocycles. The number of nitrogens with one attached hydrogen (secondary N) is 2. The second-order valence-electron chi connectivity index (χ2n) is 6.27. The molecular weight excluding hydrogens is 333 g/mol. The van der Waals surface area contributed by atoms with Gasteiger partial charge in [-0.25, -0.2) is 9.18 Å². The number of benzene rings is 2. The van der Waals surface area contributed by atoms with Crippen molar-refractivity contribution >= 4 is 6.03 Å². The second-order valence-corrected chi connectivity index (χ2v) is 6.27. The Morgan fingerprint density at radius 3 is 2.50 bits per heavy atom. The zero-order valence-electron chi connectivity index (χ0n) is 15.5. The number of hydrogen-bond donors (Lipinski definition) is 2. The van der Waals surface area contributed by atoms with Crippen LogP contribution < -0.4 is 15.4 Å². The van der Waals surface area contributed by atoms with E-state index in [9.17, 15) is 9.18 Å². The number of rotatable bonds is 8. The number of carbonyl (C=O) groups is 1. The number of nitrogens with zero attached hydrogens (tertiary/aromatic N) is 1. The summed E-state index contributed by atoms with van der Waals surface area (Å²) in [5.41, 5.74) is 1.95. The molecule has 0 aliphatic heterocycles. The van der Waals surface area contributed by atoms with Gasteiger partial charge in [0.05, 0.1) is 13.2 Å². The summed E-state index contributed by atoms with van der Waals surface area (Å²) in [6.07, 6.45) is 0.735. The molecular formula is C20H26FN3O2. The number of methoxy groups -OCH3 is 1. The molecule has 26 heavy (non-hydrogen) atoms. The van der Waals surface area contributed by atoms with Crippen molar-refractivity contribution in [2.45, 2.75) is 12.5 Å². The molecule has 0 heterocycles. The quantitative estimate of drug-likeness (QED) is 0.762. The highest BCUT2D eigenvalue weighted by atomic mass is 19.1. The van der Waals surface area contributed by atoms with Crippen molar-refractivity contribution in [1.29, 1.82) is 0 Å². The smallest absolute Gasteiger partial charge is 0.314 e. The molecule has 6 heteroatoms. The molecule has 140 valence electrons. The van der Waals surface area contributed by atoms with Gasteiger partial charge in [-0.2, -0.15) is 0 Å². The maximum absolute atomic E-state index is 13.4. The highest BCUT2D eigenvalue weighted by molar-refractivity contribution is 5.73. The van der Waals surface area contributed by atoms with Gasteiger partial charge in [0.1, 0.15) is 11.6 Å². The molecule has 0 radical (unpaired) electrons. The number of carbonyl (C=O) groups excluding carboxylic acids is 1. The normalized spacial score (nSPS) is 11.9. The van der Waals surface area contributed by atoms with Crippen LogP contribution in [0.1, 0.15) is 17.2 Å². The summed E-state index contributed by atoms with van der Waals surface area (Å²) >= 11 is 0. The lowest BCUT2D eigenvalue weighted by Crippen LogP contribution is -2.41.